The Labute approximate surface area is 186 Å². The van der Waals surface area contributed by atoms with Crippen molar-refractivity contribution in [1.82, 2.24) is 4.98 Å². The summed E-state index contributed by atoms with van der Waals surface area (Å²) in [4.78, 5) is 21.0. The van der Waals surface area contributed by atoms with Crippen LogP contribution in [-0.4, -0.2) is 28.4 Å². The smallest absolute Gasteiger partial charge is 0.341 e. The molecule has 0 amide bonds. The zero-order chi connectivity index (χ0) is 22.3. The van der Waals surface area contributed by atoms with Crippen molar-refractivity contribution in [3.8, 4) is 5.75 Å². The predicted octanol–water partition coefficient (Wildman–Crippen LogP) is 5.06. The molecule has 3 aromatic rings. The lowest BCUT2D eigenvalue weighted by Gasteiger charge is -2.20. The molecule has 1 N–H and O–H groups in total. The van der Waals surface area contributed by atoms with Gasteiger partial charge in [-0.2, -0.15) is 0 Å². The quantitative estimate of drug-likeness (QED) is 0.401. The lowest BCUT2D eigenvalue weighted by molar-refractivity contribution is -0.139. The monoisotopic (exact) mass is 428 g/mol. The third kappa shape index (κ3) is 5.03. The predicted molar refractivity (Wildman–Crippen MR) is 123 cm³/mol. The first kappa shape index (κ1) is 21.3. The Bertz CT molecular complexity index is 1100. The molecule has 2 aromatic carbocycles. The van der Waals surface area contributed by atoms with Crippen LogP contribution in [0.2, 0.25) is 0 Å². The van der Waals surface area contributed by atoms with Gasteiger partial charge < -0.3 is 14.7 Å². The topological polar surface area (TPSA) is 81.0 Å². The number of carboxylic acid groups (broad SMARTS) is 1. The minimum absolute atomic E-state index is 0.332. The first-order valence-electron chi connectivity index (χ1n) is 10.4. The van der Waals surface area contributed by atoms with Crippen LogP contribution in [-0.2, 0) is 16.1 Å². The van der Waals surface area contributed by atoms with E-state index < -0.39 is 5.97 Å². The minimum Gasteiger partial charge on any atom is -0.482 e. The third-order valence-corrected chi connectivity index (χ3v) is 5.37. The molecule has 1 aliphatic rings. The average Bonchev–Trinajstić information content (AvgIpc) is 2.83. The molecule has 32 heavy (non-hydrogen) atoms. The van der Waals surface area contributed by atoms with E-state index in [9.17, 15) is 4.79 Å². The van der Waals surface area contributed by atoms with Crippen LogP contribution in [0, 0.1) is 0 Å². The molecule has 162 valence electrons. The molecule has 1 unspecified atom stereocenters. The molecule has 0 radical (unpaired) electrons. The number of benzene rings is 2. The van der Waals surface area contributed by atoms with Crippen molar-refractivity contribution in [3.63, 3.8) is 0 Å². The number of carboxylic acids is 1. The molecule has 0 fully saturated rings. The third-order valence-electron chi connectivity index (χ3n) is 5.37. The van der Waals surface area contributed by atoms with Crippen LogP contribution < -0.4 is 4.74 Å². The van der Waals surface area contributed by atoms with Gasteiger partial charge in [-0.15, -0.1) is 0 Å². The average molecular weight is 428 g/mol. The van der Waals surface area contributed by atoms with Crippen molar-refractivity contribution >= 4 is 17.8 Å². The Morgan fingerprint density at radius 2 is 1.78 bits per heavy atom. The Kier molecular flexibility index (Phi) is 6.60. The summed E-state index contributed by atoms with van der Waals surface area (Å²) in [6, 6.07) is 19.5. The molecular weight excluding hydrogens is 404 g/mol. The van der Waals surface area contributed by atoms with Gasteiger partial charge in [0, 0.05) is 23.5 Å². The molecule has 1 aromatic heterocycles. The highest BCUT2D eigenvalue weighted by molar-refractivity contribution is 6.02. The van der Waals surface area contributed by atoms with Crippen molar-refractivity contribution in [2.75, 3.05) is 6.61 Å². The lowest BCUT2D eigenvalue weighted by Crippen LogP contribution is -2.13. The number of hydrogen-bond donors (Lipinski definition) is 1. The van der Waals surface area contributed by atoms with Crippen LogP contribution in [0.15, 0.2) is 83.8 Å². The Hall–Kier alpha value is -3.93. The highest BCUT2D eigenvalue weighted by Crippen LogP contribution is 2.32. The normalized spacial score (nSPS) is 14.2. The van der Waals surface area contributed by atoms with E-state index in [1.807, 2.05) is 67.6 Å². The maximum atomic E-state index is 10.8. The summed E-state index contributed by atoms with van der Waals surface area (Å²) in [5.41, 5.74) is 5.91. The number of fused-ring (bicyclic) bond motifs is 1. The van der Waals surface area contributed by atoms with E-state index in [-0.39, 0.29) is 12.7 Å². The van der Waals surface area contributed by atoms with Crippen molar-refractivity contribution in [1.29, 1.82) is 0 Å². The first-order valence-corrected chi connectivity index (χ1v) is 10.4. The van der Waals surface area contributed by atoms with Crippen molar-refractivity contribution in [2.24, 2.45) is 5.16 Å². The van der Waals surface area contributed by atoms with Crippen LogP contribution >= 0.6 is 0 Å². The van der Waals surface area contributed by atoms with Crippen LogP contribution in [0.1, 0.15) is 41.7 Å². The SMILES string of the molecule is C/C(=N\OC(c1ccccc1)c1ccncc1)C1=Cc2cccc(OCC(=O)O)c2CC1. The van der Waals surface area contributed by atoms with E-state index in [1.54, 1.807) is 12.4 Å². The summed E-state index contributed by atoms with van der Waals surface area (Å²) in [7, 11) is 0. The van der Waals surface area contributed by atoms with Gasteiger partial charge in [-0.1, -0.05) is 47.6 Å². The molecule has 0 saturated heterocycles. The number of rotatable bonds is 8. The molecule has 1 aliphatic carbocycles. The molecule has 0 saturated carbocycles. The number of allylic oxidation sites excluding steroid dienone is 1. The van der Waals surface area contributed by atoms with Crippen molar-refractivity contribution in [3.05, 3.63) is 101 Å². The van der Waals surface area contributed by atoms with E-state index in [2.05, 4.69) is 16.2 Å². The fourth-order valence-corrected chi connectivity index (χ4v) is 3.74. The molecule has 0 aliphatic heterocycles. The van der Waals surface area contributed by atoms with E-state index in [0.717, 1.165) is 46.4 Å². The fourth-order valence-electron chi connectivity index (χ4n) is 3.74. The number of oxime groups is 1. The molecule has 0 bridgehead atoms. The second-order valence-electron chi connectivity index (χ2n) is 7.53. The van der Waals surface area contributed by atoms with Gasteiger partial charge in [0.25, 0.3) is 0 Å². The number of aromatic nitrogens is 1. The van der Waals surface area contributed by atoms with Crippen LogP contribution in [0.3, 0.4) is 0 Å². The maximum Gasteiger partial charge on any atom is 0.341 e. The van der Waals surface area contributed by atoms with Crippen molar-refractivity contribution in [2.45, 2.75) is 25.9 Å². The van der Waals surface area contributed by atoms with Gasteiger partial charge in [-0.25, -0.2) is 4.79 Å². The molecular formula is C26H24N2O4. The number of hydrogen-bond acceptors (Lipinski definition) is 5. The Morgan fingerprint density at radius 3 is 2.53 bits per heavy atom. The standard InChI is InChI=1S/C26H24N2O4/c1-18(21-10-11-23-22(16-21)8-5-9-24(23)31-17-25(29)30)28-32-26(19-6-3-2-4-7-19)20-12-14-27-15-13-20/h2-9,12-16,26H,10-11,17H2,1H3,(H,29,30)/b28-18+. The minimum atomic E-state index is -0.989. The Balaban J connectivity index is 1.56. The van der Waals surface area contributed by atoms with Crippen LogP contribution in [0.5, 0.6) is 5.75 Å². The van der Waals surface area contributed by atoms with E-state index in [0.29, 0.717) is 5.75 Å². The molecule has 4 rings (SSSR count). The Morgan fingerprint density at radius 1 is 1.03 bits per heavy atom. The van der Waals surface area contributed by atoms with Gasteiger partial charge in [0.15, 0.2) is 12.7 Å². The second-order valence-corrected chi connectivity index (χ2v) is 7.53. The van der Waals surface area contributed by atoms with Crippen molar-refractivity contribution < 1.29 is 19.5 Å². The summed E-state index contributed by atoms with van der Waals surface area (Å²) in [6.45, 7) is 1.59. The lowest BCUT2D eigenvalue weighted by atomic mass is 9.90. The van der Waals surface area contributed by atoms with Crippen LogP contribution in [0.4, 0.5) is 0 Å². The van der Waals surface area contributed by atoms with Crippen LogP contribution in [0.25, 0.3) is 6.08 Å². The summed E-state index contributed by atoms with van der Waals surface area (Å²) in [5, 5.41) is 13.4. The number of nitrogens with zero attached hydrogens (tertiary/aromatic N) is 2. The fraction of sp³-hybridized carbons (Fsp3) is 0.192. The number of carbonyl (C=O) groups is 1. The van der Waals surface area contributed by atoms with Gasteiger partial charge in [0.2, 0.25) is 0 Å². The summed E-state index contributed by atoms with van der Waals surface area (Å²) >= 11 is 0. The second kappa shape index (κ2) is 9.92. The largest absolute Gasteiger partial charge is 0.482 e. The van der Waals surface area contributed by atoms with Gasteiger partial charge in [-0.05, 0) is 60.7 Å². The molecule has 0 spiro atoms. The summed E-state index contributed by atoms with van der Waals surface area (Å²) in [5.74, 6) is -0.371. The molecule has 6 nitrogen and oxygen atoms in total. The van der Waals surface area contributed by atoms with Gasteiger partial charge >= 0.3 is 5.97 Å². The van der Waals surface area contributed by atoms with E-state index in [4.69, 9.17) is 14.7 Å². The number of pyridine rings is 1. The van der Waals surface area contributed by atoms with Gasteiger partial charge in [0.1, 0.15) is 5.75 Å². The van der Waals surface area contributed by atoms with E-state index >= 15 is 0 Å². The first-order chi connectivity index (χ1) is 15.6. The summed E-state index contributed by atoms with van der Waals surface area (Å²) in [6.07, 6.45) is 6.74. The zero-order valence-corrected chi connectivity index (χ0v) is 17.8. The van der Waals surface area contributed by atoms with Gasteiger partial charge in [0.05, 0.1) is 5.71 Å². The zero-order valence-electron chi connectivity index (χ0n) is 17.8. The molecule has 1 atom stereocenters. The maximum absolute atomic E-state index is 10.8. The summed E-state index contributed by atoms with van der Waals surface area (Å²) < 4.78 is 5.45. The number of aliphatic carboxylic acids is 1. The van der Waals surface area contributed by atoms with E-state index in [1.165, 1.54) is 0 Å². The number of ether oxygens (including phenoxy) is 1. The highest BCUT2D eigenvalue weighted by Gasteiger charge is 2.19. The molecule has 6 heteroatoms. The van der Waals surface area contributed by atoms with Gasteiger partial charge in [-0.3, -0.25) is 4.98 Å². The molecule has 1 heterocycles. The highest BCUT2D eigenvalue weighted by atomic mass is 16.6.